The van der Waals surface area contributed by atoms with Crippen LogP contribution in [0.15, 0.2) is 12.5 Å². The largest absolute Gasteiger partial charge is 0.443 e. The molecule has 0 unspecified atom stereocenters. The molecule has 1 aliphatic rings. The molecule has 0 atom stereocenters. The molecule has 6 nitrogen and oxygen atoms in total. The van der Waals surface area contributed by atoms with Gasteiger partial charge in [0.2, 0.25) is 0 Å². The summed E-state index contributed by atoms with van der Waals surface area (Å²) in [5.74, 6) is 0.570. The third-order valence-corrected chi connectivity index (χ3v) is 2.21. The van der Waals surface area contributed by atoms with Crippen molar-refractivity contribution in [3.8, 4) is 0 Å². The maximum Gasteiger partial charge on any atom is 0.416 e. The molecule has 0 spiro atoms. The zero-order chi connectivity index (χ0) is 12.5. The second-order valence-corrected chi connectivity index (χ2v) is 4.82. The van der Waals surface area contributed by atoms with Gasteiger partial charge in [0.15, 0.2) is 5.82 Å². The summed E-state index contributed by atoms with van der Waals surface area (Å²) in [6.07, 6.45) is 2.70. The summed E-state index contributed by atoms with van der Waals surface area (Å²) in [7, 11) is 0. The number of aromatic nitrogens is 2. The van der Waals surface area contributed by atoms with Gasteiger partial charge in [-0.15, -0.1) is 0 Å². The van der Waals surface area contributed by atoms with Crippen molar-refractivity contribution in [1.82, 2.24) is 9.97 Å². The zero-order valence-electron chi connectivity index (χ0n) is 10.2. The molecule has 92 valence electrons. The van der Waals surface area contributed by atoms with Gasteiger partial charge in [0.1, 0.15) is 11.9 Å². The fourth-order valence-electron chi connectivity index (χ4n) is 1.57. The van der Waals surface area contributed by atoms with Gasteiger partial charge < -0.3 is 10.1 Å². The minimum atomic E-state index is -0.505. The Bertz CT molecular complexity index is 428. The Morgan fingerprint density at radius 3 is 3.00 bits per heavy atom. The van der Waals surface area contributed by atoms with Crippen LogP contribution >= 0.6 is 0 Å². The summed E-state index contributed by atoms with van der Waals surface area (Å²) in [5.41, 5.74) is 0.249. The van der Waals surface area contributed by atoms with Crippen LogP contribution in [0.25, 0.3) is 0 Å². The highest BCUT2D eigenvalue weighted by atomic mass is 16.6. The molecule has 2 heterocycles. The minimum absolute atomic E-state index is 0.376. The molecule has 0 saturated heterocycles. The summed E-state index contributed by atoms with van der Waals surface area (Å²) in [5, 5.41) is 3.14. The second kappa shape index (κ2) is 4.20. The standard InChI is InChI=1S/C11H16N4O2/c1-11(2,3)17-10(16)15-5-4-13-8-6-12-7-14-9(8)15/h6-7,13H,4-5H2,1-3H3. The van der Waals surface area contributed by atoms with Crippen molar-refractivity contribution in [3.63, 3.8) is 0 Å². The van der Waals surface area contributed by atoms with Gasteiger partial charge in [-0.25, -0.2) is 14.8 Å². The van der Waals surface area contributed by atoms with E-state index in [0.29, 0.717) is 18.9 Å². The predicted molar refractivity (Wildman–Crippen MR) is 64.1 cm³/mol. The molecule has 0 aromatic carbocycles. The van der Waals surface area contributed by atoms with Gasteiger partial charge in [0.25, 0.3) is 0 Å². The Labute approximate surface area is 100 Å². The molecule has 0 radical (unpaired) electrons. The maximum atomic E-state index is 12.0. The minimum Gasteiger partial charge on any atom is -0.443 e. The third kappa shape index (κ3) is 2.64. The van der Waals surface area contributed by atoms with E-state index in [0.717, 1.165) is 5.69 Å². The van der Waals surface area contributed by atoms with Crippen LogP contribution < -0.4 is 10.2 Å². The lowest BCUT2D eigenvalue weighted by molar-refractivity contribution is 0.0579. The first-order valence-corrected chi connectivity index (χ1v) is 5.52. The average molecular weight is 236 g/mol. The zero-order valence-corrected chi connectivity index (χ0v) is 10.2. The molecule has 1 aliphatic heterocycles. The number of rotatable bonds is 0. The van der Waals surface area contributed by atoms with Crippen LogP contribution in [0.4, 0.5) is 16.3 Å². The normalized spacial score (nSPS) is 14.9. The van der Waals surface area contributed by atoms with Crippen molar-refractivity contribution in [1.29, 1.82) is 0 Å². The van der Waals surface area contributed by atoms with Crippen molar-refractivity contribution < 1.29 is 9.53 Å². The Balaban J connectivity index is 2.21. The molecule has 1 aromatic rings. The van der Waals surface area contributed by atoms with Gasteiger partial charge >= 0.3 is 6.09 Å². The van der Waals surface area contributed by atoms with Crippen LogP contribution in [-0.2, 0) is 4.74 Å². The summed E-state index contributed by atoms with van der Waals surface area (Å²) in [4.78, 5) is 21.5. The first-order valence-electron chi connectivity index (χ1n) is 5.52. The van der Waals surface area contributed by atoms with Crippen molar-refractivity contribution in [3.05, 3.63) is 12.5 Å². The van der Waals surface area contributed by atoms with E-state index < -0.39 is 5.60 Å². The third-order valence-electron chi connectivity index (χ3n) is 2.21. The number of nitrogens with one attached hydrogen (secondary N) is 1. The Morgan fingerprint density at radius 1 is 1.53 bits per heavy atom. The van der Waals surface area contributed by atoms with E-state index in [1.165, 1.54) is 11.2 Å². The molecular formula is C11H16N4O2. The number of hydrogen-bond donors (Lipinski definition) is 1. The van der Waals surface area contributed by atoms with Crippen molar-refractivity contribution in [2.24, 2.45) is 0 Å². The number of anilines is 2. The van der Waals surface area contributed by atoms with E-state index in [-0.39, 0.29) is 6.09 Å². The topological polar surface area (TPSA) is 67.3 Å². The first kappa shape index (κ1) is 11.6. The molecule has 0 saturated carbocycles. The van der Waals surface area contributed by atoms with Crippen LogP contribution in [0, 0.1) is 0 Å². The van der Waals surface area contributed by atoms with Crippen LogP contribution in [0.3, 0.4) is 0 Å². The Morgan fingerprint density at radius 2 is 2.29 bits per heavy atom. The van der Waals surface area contributed by atoms with Crippen molar-refractivity contribution in [2.75, 3.05) is 23.3 Å². The SMILES string of the molecule is CC(C)(C)OC(=O)N1CCNc2cncnc21. The van der Waals surface area contributed by atoms with Gasteiger partial charge in [-0.1, -0.05) is 0 Å². The van der Waals surface area contributed by atoms with Gasteiger partial charge in [-0.2, -0.15) is 0 Å². The molecule has 2 rings (SSSR count). The number of carbonyl (C=O) groups is 1. The van der Waals surface area contributed by atoms with Crippen LogP contribution in [0.2, 0.25) is 0 Å². The van der Waals surface area contributed by atoms with Gasteiger partial charge in [-0.05, 0) is 20.8 Å². The highest BCUT2D eigenvalue weighted by Gasteiger charge is 2.28. The molecule has 0 fully saturated rings. The van der Waals surface area contributed by atoms with Crippen molar-refractivity contribution in [2.45, 2.75) is 26.4 Å². The average Bonchev–Trinajstić information content (AvgIpc) is 2.26. The molecule has 1 amide bonds. The highest BCUT2D eigenvalue weighted by Crippen LogP contribution is 2.26. The van der Waals surface area contributed by atoms with Gasteiger partial charge in [-0.3, -0.25) is 4.90 Å². The summed E-state index contributed by atoms with van der Waals surface area (Å²) < 4.78 is 5.33. The number of hydrogen-bond acceptors (Lipinski definition) is 5. The lowest BCUT2D eigenvalue weighted by Crippen LogP contribution is -2.42. The van der Waals surface area contributed by atoms with Crippen molar-refractivity contribution >= 4 is 17.6 Å². The van der Waals surface area contributed by atoms with E-state index in [9.17, 15) is 4.79 Å². The Hall–Kier alpha value is -1.85. The number of amides is 1. The number of fused-ring (bicyclic) bond motifs is 1. The number of ether oxygens (including phenoxy) is 1. The van der Waals surface area contributed by atoms with Gasteiger partial charge in [0, 0.05) is 13.1 Å². The summed E-state index contributed by atoms with van der Waals surface area (Å²) in [6.45, 7) is 6.73. The summed E-state index contributed by atoms with van der Waals surface area (Å²) >= 11 is 0. The lowest BCUT2D eigenvalue weighted by Gasteiger charge is -2.30. The smallest absolute Gasteiger partial charge is 0.416 e. The quantitative estimate of drug-likeness (QED) is 0.741. The van der Waals surface area contributed by atoms with Gasteiger partial charge in [0.05, 0.1) is 11.9 Å². The van der Waals surface area contributed by atoms with E-state index >= 15 is 0 Å². The predicted octanol–water partition coefficient (Wildman–Crippen LogP) is 1.64. The van der Waals surface area contributed by atoms with E-state index in [1.807, 2.05) is 20.8 Å². The molecule has 6 heteroatoms. The monoisotopic (exact) mass is 236 g/mol. The van der Waals surface area contributed by atoms with Crippen LogP contribution in [-0.4, -0.2) is 34.8 Å². The first-order chi connectivity index (χ1) is 7.97. The fraction of sp³-hybridized carbons (Fsp3) is 0.545. The fourth-order valence-corrected chi connectivity index (χ4v) is 1.57. The molecular weight excluding hydrogens is 220 g/mol. The highest BCUT2D eigenvalue weighted by molar-refractivity contribution is 5.91. The second-order valence-electron chi connectivity index (χ2n) is 4.82. The maximum absolute atomic E-state index is 12.0. The number of nitrogens with zero attached hydrogens (tertiary/aromatic N) is 3. The number of carbonyl (C=O) groups excluding carboxylic acids is 1. The molecule has 1 N–H and O–H groups in total. The van der Waals surface area contributed by atoms with E-state index in [1.54, 1.807) is 6.20 Å². The molecule has 0 bridgehead atoms. The molecule has 17 heavy (non-hydrogen) atoms. The van der Waals surface area contributed by atoms with E-state index in [4.69, 9.17) is 4.74 Å². The summed E-state index contributed by atoms with van der Waals surface area (Å²) in [6, 6.07) is 0. The van der Waals surface area contributed by atoms with E-state index in [2.05, 4.69) is 15.3 Å². The lowest BCUT2D eigenvalue weighted by atomic mass is 10.2. The van der Waals surface area contributed by atoms with Crippen LogP contribution in [0.1, 0.15) is 20.8 Å². The Kier molecular flexibility index (Phi) is 2.87. The molecule has 0 aliphatic carbocycles. The van der Waals surface area contributed by atoms with Crippen LogP contribution in [0.5, 0.6) is 0 Å². The molecule has 1 aromatic heterocycles.